The summed E-state index contributed by atoms with van der Waals surface area (Å²) in [6.45, 7) is 5.81. The number of thioether (sulfide) groups is 1. The van der Waals surface area contributed by atoms with E-state index in [0.717, 1.165) is 41.5 Å². The van der Waals surface area contributed by atoms with Gasteiger partial charge in [-0.05, 0) is 48.8 Å². The Balaban J connectivity index is 1.93. The molecule has 0 spiro atoms. The van der Waals surface area contributed by atoms with Crippen LogP contribution in [0.25, 0.3) is 15.9 Å². The van der Waals surface area contributed by atoms with Crippen LogP contribution in [-0.4, -0.2) is 26.7 Å². The number of carbonyl (C=O) groups excluding carboxylic acids is 2. The minimum absolute atomic E-state index is 0.0707. The normalized spacial score (nSPS) is 16.6. The average Bonchev–Trinajstić information content (AvgIpc) is 3.09. The van der Waals surface area contributed by atoms with Crippen molar-refractivity contribution in [3.63, 3.8) is 0 Å². The topological polar surface area (TPSA) is 107 Å². The van der Waals surface area contributed by atoms with E-state index in [1.807, 2.05) is 13.8 Å². The van der Waals surface area contributed by atoms with Crippen molar-refractivity contribution in [2.45, 2.75) is 50.4 Å². The van der Waals surface area contributed by atoms with Crippen LogP contribution < -0.4 is 16.6 Å². The van der Waals surface area contributed by atoms with Crippen LogP contribution in [0.5, 0.6) is 0 Å². The molecule has 0 saturated heterocycles. The predicted octanol–water partition coefficient (Wildman–Crippen LogP) is 4.02. The zero-order chi connectivity index (χ0) is 23.9. The fraction of sp³-hybridized carbons (Fsp3) is 0.391. The van der Waals surface area contributed by atoms with Gasteiger partial charge in [0.25, 0.3) is 5.56 Å². The maximum absolute atomic E-state index is 14.8. The second kappa shape index (κ2) is 9.26. The number of hydrogen-bond donors (Lipinski definition) is 2. The molecule has 0 saturated carbocycles. The first-order valence-electron chi connectivity index (χ1n) is 10.8. The van der Waals surface area contributed by atoms with Gasteiger partial charge in [-0.3, -0.25) is 19.5 Å². The molecule has 3 amide bonds. The molecule has 0 radical (unpaired) electrons. The van der Waals surface area contributed by atoms with Crippen LogP contribution in [0.2, 0.25) is 0 Å². The summed E-state index contributed by atoms with van der Waals surface area (Å²) in [4.78, 5) is 44.2. The molecule has 3 N–H and O–H groups in total. The standard InChI is InChI=1S/C23H25FN4O3S2/c1-11(2)18(19(29)26-22(25)31)33-23-27-20-17(13-9-8-12(3)10-16(13)32-20)21(30)28(23)15-7-5-4-6-14(15)24/h4-7,11-12,18H,8-10H2,1-3H3,(H3,25,26,29,31). The number of rotatable bonds is 5. The van der Waals surface area contributed by atoms with Crippen LogP contribution in [0.15, 0.2) is 34.2 Å². The molecule has 2 heterocycles. The van der Waals surface area contributed by atoms with Gasteiger partial charge in [0, 0.05) is 4.88 Å². The highest BCUT2D eigenvalue weighted by Gasteiger charge is 2.30. The van der Waals surface area contributed by atoms with Gasteiger partial charge in [0.1, 0.15) is 10.6 Å². The highest BCUT2D eigenvalue weighted by Crippen LogP contribution is 2.38. The number of nitrogens with two attached hydrogens (primary N) is 1. The number of thiophene rings is 1. The zero-order valence-corrected chi connectivity index (χ0v) is 20.2. The summed E-state index contributed by atoms with van der Waals surface area (Å²) in [7, 11) is 0. The van der Waals surface area contributed by atoms with Gasteiger partial charge in [-0.1, -0.05) is 44.7 Å². The number of nitrogens with one attached hydrogen (secondary N) is 1. The van der Waals surface area contributed by atoms with E-state index in [0.29, 0.717) is 16.1 Å². The van der Waals surface area contributed by atoms with Gasteiger partial charge in [0.05, 0.1) is 16.3 Å². The summed E-state index contributed by atoms with van der Waals surface area (Å²) in [5.74, 6) is -0.844. The summed E-state index contributed by atoms with van der Waals surface area (Å²) in [5.41, 5.74) is 5.85. The molecule has 1 aliphatic rings. The van der Waals surface area contributed by atoms with Crippen molar-refractivity contribution in [3.8, 4) is 5.69 Å². The van der Waals surface area contributed by atoms with E-state index >= 15 is 0 Å². The Kier molecular flexibility index (Phi) is 6.58. The molecular weight excluding hydrogens is 463 g/mol. The van der Waals surface area contributed by atoms with Gasteiger partial charge < -0.3 is 5.73 Å². The first kappa shape index (κ1) is 23.4. The van der Waals surface area contributed by atoms with Crippen LogP contribution in [0.1, 0.15) is 37.6 Å². The molecule has 1 aliphatic carbocycles. The molecule has 0 aliphatic heterocycles. The molecule has 10 heteroatoms. The van der Waals surface area contributed by atoms with Gasteiger partial charge in [-0.2, -0.15) is 0 Å². The number of carbonyl (C=O) groups is 2. The van der Waals surface area contributed by atoms with E-state index in [-0.39, 0.29) is 22.3 Å². The quantitative estimate of drug-likeness (QED) is 0.417. The zero-order valence-electron chi connectivity index (χ0n) is 18.6. The van der Waals surface area contributed by atoms with Crippen LogP contribution in [0.3, 0.4) is 0 Å². The van der Waals surface area contributed by atoms with E-state index in [1.165, 1.54) is 28.0 Å². The second-order valence-electron chi connectivity index (χ2n) is 8.65. The number of hydrogen-bond acceptors (Lipinski definition) is 6. The minimum Gasteiger partial charge on any atom is -0.351 e. The van der Waals surface area contributed by atoms with E-state index in [9.17, 15) is 18.8 Å². The van der Waals surface area contributed by atoms with Crippen LogP contribution >= 0.6 is 23.1 Å². The lowest BCUT2D eigenvalue weighted by molar-refractivity contribution is -0.120. The number of halogens is 1. The van der Waals surface area contributed by atoms with Crippen molar-refractivity contribution in [1.82, 2.24) is 14.9 Å². The molecule has 0 fully saturated rings. The summed E-state index contributed by atoms with van der Waals surface area (Å²) in [6.07, 6.45) is 2.65. The number of para-hydroxylation sites is 1. The molecule has 1 aromatic carbocycles. The monoisotopic (exact) mass is 488 g/mol. The Morgan fingerprint density at radius 3 is 2.73 bits per heavy atom. The van der Waals surface area contributed by atoms with Gasteiger partial charge in [-0.25, -0.2) is 14.2 Å². The molecule has 2 aromatic heterocycles. The number of urea groups is 1. The lowest BCUT2D eigenvalue weighted by Crippen LogP contribution is -2.42. The number of nitrogens with zero attached hydrogens (tertiary/aromatic N) is 2. The van der Waals surface area contributed by atoms with E-state index in [2.05, 4.69) is 12.2 Å². The number of imide groups is 1. The third-order valence-corrected chi connectivity index (χ3v) is 8.38. The predicted molar refractivity (Wildman–Crippen MR) is 129 cm³/mol. The maximum atomic E-state index is 14.8. The van der Waals surface area contributed by atoms with Crippen molar-refractivity contribution in [2.75, 3.05) is 0 Å². The van der Waals surface area contributed by atoms with Gasteiger partial charge in [-0.15, -0.1) is 11.3 Å². The van der Waals surface area contributed by atoms with E-state index in [1.54, 1.807) is 12.1 Å². The third kappa shape index (κ3) is 4.54. The number of amides is 3. The summed E-state index contributed by atoms with van der Waals surface area (Å²) < 4.78 is 16.1. The fourth-order valence-corrected chi connectivity index (χ4v) is 6.62. The largest absolute Gasteiger partial charge is 0.351 e. The van der Waals surface area contributed by atoms with Crippen molar-refractivity contribution in [3.05, 3.63) is 50.9 Å². The number of fused-ring (bicyclic) bond motifs is 3. The molecule has 0 bridgehead atoms. The molecule has 2 unspecified atom stereocenters. The van der Waals surface area contributed by atoms with Gasteiger partial charge in [0.15, 0.2) is 5.16 Å². The van der Waals surface area contributed by atoms with Gasteiger partial charge in [0.2, 0.25) is 5.91 Å². The number of primary amides is 1. The van der Waals surface area contributed by atoms with Crippen molar-refractivity contribution in [1.29, 1.82) is 0 Å². The smallest absolute Gasteiger partial charge is 0.318 e. The fourth-order valence-electron chi connectivity index (χ4n) is 4.09. The minimum atomic E-state index is -0.957. The second-order valence-corrected chi connectivity index (χ2v) is 10.8. The first-order valence-corrected chi connectivity index (χ1v) is 12.5. The van der Waals surface area contributed by atoms with Crippen LogP contribution in [0, 0.1) is 17.7 Å². The SMILES string of the molecule is CC1CCc2c(sc3nc(SC(C(=O)NC(N)=O)C(C)C)n(-c4ccccc4F)c(=O)c23)C1. The first-order chi connectivity index (χ1) is 15.7. The third-order valence-electron chi connectivity index (χ3n) is 5.73. The van der Waals surface area contributed by atoms with Gasteiger partial charge >= 0.3 is 6.03 Å². The summed E-state index contributed by atoms with van der Waals surface area (Å²) in [5, 5.41) is 2.06. The van der Waals surface area contributed by atoms with Crippen molar-refractivity contribution >= 4 is 45.3 Å². The molecule has 3 aromatic rings. The molecule has 4 rings (SSSR count). The summed E-state index contributed by atoms with van der Waals surface area (Å²) in [6, 6.07) is 5.04. The average molecular weight is 489 g/mol. The lowest BCUT2D eigenvalue weighted by Gasteiger charge is -2.21. The molecule has 33 heavy (non-hydrogen) atoms. The Morgan fingerprint density at radius 1 is 1.33 bits per heavy atom. The number of aryl methyl sites for hydroxylation is 1. The van der Waals surface area contributed by atoms with Crippen LogP contribution in [-0.2, 0) is 17.6 Å². The lowest BCUT2D eigenvalue weighted by atomic mass is 9.89. The Bertz CT molecular complexity index is 1300. The molecule has 174 valence electrons. The highest BCUT2D eigenvalue weighted by atomic mass is 32.2. The Hall–Kier alpha value is -2.72. The number of aromatic nitrogens is 2. The van der Waals surface area contributed by atoms with Crippen LogP contribution in [0.4, 0.5) is 9.18 Å². The highest BCUT2D eigenvalue weighted by molar-refractivity contribution is 8.00. The van der Waals surface area contributed by atoms with E-state index < -0.39 is 23.0 Å². The maximum Gasteiger partial charge on any atom is 0.318 e. The summed E-state index contributed by atoms with van der Waals surface area (Å²) >= 11 is 2.51. The number of benzene rings is 1. The van der Waals surface area contributed by atoms with Crippen molar-refractivity contribution in [2.24, 2.45) is 17.6 Å². The Morgan fingerprint density at radius 2 is 2.06 bits per heavy atom. The van der Waals surface area contributed by atoms with Crippen molar-refractivity contribution < 1.29 is 14.0 Å². The molecule has 2 atom stereocenters. The Labute approximate surface area is 198 Å². The molecular formula is C23H25FN4O3S2. The van der Waals surface area contributed by atoms with E-state index in [4.69, 9.17) is 10.7 Å². The molecule has 7 nitrogen and oxygen atoms in total.